The summed E-state index contributed by atoms with van der Waals surface area (Å²) in [7, 11) is 0. The number of hydrogen-bond acceptors (Lipinski definition) is 2. The smallest absolute Gasteiger partial charge is 0.165 e. The molecule has 0 fully saturated rings. The first-order chi connectivity index (χ1) is 7.65. The van der Waals surface area contributed by atoms with Gasteiger partial charge >= 0.3 is 0 Å². The number of carbonyl (C=O) groups excluding carboxylic acids is 1. The van der Waals surface area contributed by atoms with Crippen molar-refractivity contribution in [2.45, 2.75) is 25.7 Å². The molecule has 0 saturated carbocycles. The molecule has 0 aromatic heterocycles. The predicted molar refractivity (Wildman–Crippen MR) is 64.7 cm³/mol. The number of phenolic OH excluding ortho intramolecular Hbond substituents is 1. The fraction of sp³-hybridized carbons (Fsp3) is 0.417. The number of alkyl halides is 1. The minimum absolute atomic E-state index is 0.0755. The van der Waals surface area contributed by atoms with Gasteiger partial charge in [-0.3, -0.25) is 4.79 Å². The largest absolute Gasteiger partial charge is 0.505 e. The maximum Gasteiger partial charge on any atom is 0.165 e. The highest BCUT2D eigenvalue weighted by Gasteiger charge is 2.08. The van der Waals surface area contributed by atoms with Crippen LogP contribution < -0.4 is 0 Å². The van der Waals surface area contributed by atoms with Gasteiger partial charge < -0.3 is 5.11 Å². The maximum atomic E-state index is 13.0. The highest BCUT2D eigenvalue weighted by atomic mass is 79.9. The van der Waals surface area contributed by atoms with Crippen LogP contribution in [0.15, 0.2) is 18.2 Å². The predicted octanol–water partition coefficient (Wildman–Crippen LogP) is 3.67. The van der Waals surface area contributed by atoms with Crippen molar-refractivity contribution in [2.24, 2.45) is 0 Å². The number of phenols is 1. The molecule has 0 aliphatic carbocycles. The summed E-state index contributed by atoms with van der Waals surface area (Å²) in [5, 5.41) is 9.92. The molecule has 0 amide bonds. The summed E-state index contributed by atoms with van der Waals surface area (Å²) >= 11 is 3.32. The third kappa shape index (κ3) is 3.93. The van der Waals surface area contributed by atoms with E-state index in [9.17, 15) is 9.18 Å². The third-order valence-corrected chi connectivity index (χ3v) is 2.87. The first-order valence-electron chi connectivity index (χ1n) is 5.23. The number of hydrogen-bond donors (Lipinski definition) is 1. The Hall–Kier alpha value is -0.900. The molecule has 0 heterocycles. The van der Waals surface area contributed by atoms with Crippen LogP contribution in [0, 0.1) is 5.82 Å². The van der Waals surface area contributed by atoms with Crippen LogP contribution in [0.4, 0.5) is 4.39 Å². The third-order valence-electron chi connectivity index (χ3n) is 2.31. The van der Waals surface area contributed by atoms with Gasteiger partial charge in [-0.2, -0.15) is 0 Å². The van der Waals surface area contributed by atoms with E-state index in [0.29, 0.717) is 12.0 Å². The molecule has 1 N–H and O–H groups in total. The van der Waals surface area contributed by atoms with E-state index in [-0.39, 0.29) is 5.78 Å². The Labute approximate surface area is 103 Å². The molecule has 0 spiro atoms. The molecule has 4 heteroatoms. The molecular weight excluding hydrogens is 275 g/mol. The molecule has 88 valence electrons. The number of unbranched alkanes of at least 4 members (excludes halogenated alkanes) is 2. The highest BCUT2D eigenvalue weighted by molar-refractivity contribution is 9.09. The molecule has 0 bridgehead atoms. The fourth-order valence-electron chi connectivity index (χ4n) is 1.38. The van der Waals surface area contributed by atoms with Gasteiger partial charge in [-0.15, -0.1) is 0 Å². The van der Waals surface area contributed by atoms with Crippen molar-refractivity contribution in [2.75, 3.05) is 5.33 Å². The molecule has 0 atom stereocenters. The van der Waals surface area contributed by atoms with E-state index in [4.69, 9.17) is 5.11 Å². The van der Waals surface area contributed by atoms with Gasteiger partial charge in [-0.1, -0.05) is 22.4 Å². The molecule has 1 aromatic rings. The van der Waals surface area contributed by atoms with E-state index >= 15 is 0 Å². The fourth-order valence-corrected chi connectivity index (χ4v) is 1.78. The van der Waals surface area contributed by atoms with Crippen LogP contribution in [-0.2, 0) is 0 Å². The molecule has 2 nitrogen and oxygen atoms in total. The normalized spacial score (nSPS) is 10.4. The summed E-state index contributed by atoms with van der Waals surface area (Å²) in [6, 6.07) is 3.74. The minimum atomic E-state index is -0.744. The summed E-state index contributed by atoms with van der Waals surface area (Å²) in [4.78, 5) is 11.6. The van der Waals surface area contributed by atoms with Crippen molar-refractivity contribution in [3.63, 3.8) is 0 Å². The monoisotopic (exact) mass is 288 g/mol. The molecule has 16 heavy (non-hydrogen) atoms. The molecule has 0 aliphatic heterocycles. The Morgan fingerprint density at radius 3 is 2.69 bits per heavy atom. The van der Waals surface area contributed by atoms with Gasteiger partial charge in [-0.25, -0.2) is 4.39 Å². The van der Waals surface area contributed by atoms with Crippen LogP contribution in [0.1, 0.15) is 36.0 Å². The van der Waals surface area contributed by atoms with Crippen LogP contribution in [0.25, 0.3) is 0 Å². The quantitative estimate of drug-likeness (QED) is 0.493. The lowest BCUT2D eigenvalue weighted by molar-refractivity contribution is 0.0979. The van der Waals surface area contributed by atoms with E-state index < -0.39 is 11.6 Å². The van der Waals surface area contributed by atoms with E-state index in [1.807, 2.05) is 0 Å². The Balaban J connectivity index is 2.50. The van der Waals surface area contributed by atoms with Gasteiger partial charge in [0, 0.05) is 17.3 Å². The molecule has 0 unspecified atom stereocenters. The first-order valence-corrected chi connectivity index (χ1v) is 6.35. The van der Waals surface area contributed by atoms with Gasteiger partial charge in [0.05, 0.1) is 0 Å². The molecule has 0 saturated heterocycles. The summed E-state index contributed by atoms with van der Waals surface area (Å²) in [5.41, 5.74) is 0.328. The number of ketones is 1. The summed E-state index contributed by atoms with van der Waals surface area (Å²) in [5.74, 6) is -1.24. The molecular formula is C12H14BrFO2. The Morgan fingerprint density at radius 1 is 1.31 bits per heavy atom. The average Bonchev–Trinajstić information content (AvgIpc) is 2.28. The SMILES string of the molecule is O=C(CCCCCBr)c1ccc(O)c(F)c1. The van der Waals surface area contributed by atoms with E-state index in [1.165, 1.54) is 12.1 Å². The molecule has 1 rings (SSSR count). The van der Waals surface area contributed by atoms with Crippen LogP contribution in [-0.4, -0.2) is 16.2 Å². The topological polar surface area (TPSA) is 37.3 Å². The number of Topliss-reactive ketones (excluding diaryl/α,β-unsaturated/α-hetero) is 1. The van der Waals surface area contributed by atoms with E-state index in [0.717, 1.165) is 30.7 Å². The summed E-state index contributed by atoms with van der Waals surface area (Å²) in [6.07, 6.45) is 3.26. The number of halogens is 2. The van der Waals surface area contributed by atoms with Gasteiger partial charge in [0.1, 0.15) is 0 Å². The lowest BCUT2D eigenvalue weighted by Gasteiger charge is -2.02. The van der Waals surface area contributed by atoms with Crippen molar-refractivity contribution in [3.05, 3.63) is 29.6 Å². The molecule has 0 aliphatic rings. The second-order valence-corrected chi connectivity index (χ2v) is 4.38. The Morgan fingerprint density at radius 2 is 2.06 bits per heavy atom. The van der Waals surface area contributed by atoms with Crippen molar-refractivity contribution in [1.29, 1.82) is 0 Å². The average molecular weight is 289 g/mol. The van der Waals surface area contributed by atoms with E-state index in [1.54, 1.807) is 0 Å². The van der Waals surface area contributed by atoms with Gasteiger partial charge in [0.25, 0.3) is 0 Å². The van der Waals surface area contributed by atoms with Crippen molar-refractivity contribution in [1.82, 2.24) is 0 Å². The highest BCUT2D eigenvalue weighted by Crippen LogP contribution is 2.18. The Bertz CT molecular complexity index is 366. The van der Waals surface area contributed by atoms with Crippen molar-refractivity contribution in [3.8, 4) is 5.75 Å². The van der Waals surface area contributed by atoms with Gasteiger partial charge in [0.15, 0.2) is 17.3 Å². The maximum absolute atomic E-state index is 13.0. The first kappa shape index (κ1) is 13.2. The molecule has 1 aromatic carbocycles. The zero-order chi connectivity index (χ0) is 12.0. The van der Waals surface area contributed by atoms with Crippen LogP contribution in [0.5, 0.6) is 5.75 Å². The van der Waals surface area contributed by atoms with Crippen LogP contribution in [0.2, 0.25) is 0 Å². The zero-order valence-electron chi connectivity index (χ0n) is 8.88. The van der Waals surface area contributed by atoms with Crippen molar-refractivity contribution >= 4 is 21.7 Å². The molecule has 0 radical (unpaired) electrons. The van der Waals surface area contributed by atoms with Crippen molar-refractivity contribution < 1.29 is 14.3 Å². The lowest BCUT2D eigenvalue weighted by atomic mass is 10.0. The standard InChI is InChI=1S/C12H14BrFO2/c13-7-3-1-2-4-11(15)9-5-6-12(16)10(14)8-9/h5-6,8,16H,1-4,7H2. The van der Waals surface area contributed by atoms with Gasteiger partial charge in [-0.05, 0) is 31.0 Å². The van der Waals surface area contributed by atoms with Crippen LogP contribution in [0.3, 0.4) is 0 Å². The second-order valence-electron chi connectivity index (χ2n) is 3.59. The lowest BCUT2D eigenvalue weighted by Crippen LogP contribution is -1.99. The Kier molecular flexibility index (Phi) is 5.46. The number of benzene rings is 1. The summed E-state index contributed by atoms with van der Waals surface area (Å²) < 4.78 is 13.0. The number of aromatic hydroxyl groups is 1. The van der Waals surface area contributed by atoms with Crippen LogP contribution >= 0.6 is 15.9 Å². The second kappa shape index (κ2) is 6.63. The van der Waals surface area contributed by atoms with Gasteiger partial charge in [0.2, 0.25) is 0 Å². The zero-order valence-corrected chi connectivity index (χ0v) is 10.5. The van der Waals surface area contributed by atoms with E-state index in [2.05, 4.69) is 15.9 Å². The summed E-state index contributed by atoms with van der Waals surface area (Å²) in [6.45, 7) is 0. The minimum Gasteiger partial charge on any atom is -0.505 e. The number of carbonyl (C=O) groups is 1. The number of rotatable bonds is 6.